The van der Waals surface area contributed by atoms with Gasteiger partial charge in [0.05, 0.1) is 107 Å². The monoisotopic (exact) mass is 1100 g/mol. The first-order valence-electron chi connectivity index (χ1n) is 27.0. The van der Waals surface area contributed by atoms with Gasteiger partial charge in [0.25, 0.3) is 0 Å². The number of hydrogen-bond donors (Lipinski definition) is 4. The van der Waals surface area contributed by atoms with Crippen LogP contribution in [0.4, 0.5) is 42.3 Å². The van der Waals surface area contributed by atoms with Crippen molar-refractivity contribution in [2.45, 2.75) is 73.1 Å². The molecular weight excluding hydrogens is 1030 g/mol. The van der Waals surface area contributed by atoms with E-state index in [9.17, 15) is 19.2 Å². The Morgan fingerprint density at radius 2 is 1.23 bits per heavy atom. The Hall–Kier alpha value is -7.00. The van der Waals surface area contributed by atoms with Gasteiger partial charge >= 0.3 is 24.1 Å². The minimum atomic E-state index is -0.821. The first-order valence-corrected chi connectivity index (χ1v) is 28.6. The number of carbonyl (C=O) groups is 4. The average molecular weight is 1100 g/mol. The summed E-state index contributed by atoms with van der Waals surface area (Å²) in [5.74, 6) is 0.869. The molecule has 9 rings (SSSR count). The molecule has 5 aromatic rings. The summed E-state index contributed by atoms with van der Waals surface area (Å²) in [6.45, 7) is 17.9. The van der Waals surface area contributed by atoms with Crippen molar-refractivity contribution < 1.29 is 47.1 Å². The van der Waals surface area contributed by atoms with Crippen LogP contribution in [0, 0.1) is 18.8 Å². The van der Waals surface area contributed by atoms with Gasteiger partial charge in [-0.3, -0.25) is 8.97 Å². The minimum Gasteiger partial charge on any atom is -0.464 e. The molecule has 0 aliphatic carbocycles. The SMILES string of the molecule is CCOC(=O)C(NC(=O)OC[N+]1(C)CCN(C2=Nc3cc(Cc4cc5c(s4)Nc4ccccc4N=C5N4CC[N+](C)(COC(=O)NC(CC(C)C)C(=O)OCc5ccccc5)CC4)ccc3Nc3sc(C)cc32)CC1)C(C)C. The van der Waals surface area contributed by atoms with Crippen molar-refractivity contribution in [3.8, 4) is 0 Å². The second-order valence-corrected chi connectivity index (χ2v) is 24.4. The smallest absolute Gasteiger partial charge is 0.412 e. The highest BCUT2D eigenvalue weighted by molar-refractivity contribution is 7.17. The van der Waals surface area contributed by atoms with Gasteiger partial charge in [0.2, 0.25) is 13.5 Å². The molecule has 78 heavy (non-hydrogen) atoms. The number of nitrogens with one attached hydrogen (secondary N) is 4. The number of fused-ring (bicyclic) bond motifs is 4. The summed E-state index contributed by atoms with van der Waals surface area (Å²) in [5.41, 5.74) is 7.75. The van der Waals surface area contributed by atoms with Gasteiger partial charge < -0.3 is 50.0 Å². The molecule has 4 N–H and O–H groups in total. The van der Waals surface area contributed by atoms with E-state index in [1.54, 1.807) is 29.6 Å². The number of benzene rings is 3. The number of amidine groups is 2. The maximum Gasteiger partial charge on any atom is 0.412 e. The van der Waals surface area contributed by atoms with Crippen molar-refractivity contribution >= 4 is 91.2 Å². The van der Waals surface area contributed by atoms with E-state index in [0.717, 1.165) is 79.8 Å². The number of thiophene rings is 2. The van der Waals surface area contributed by atoms with Crippen LogP contribution in [-0.2, 0) is 41.6 Å². The molecule has 6 heterocycles. The number of likely N-dealkylation sites (N-methyl/N-ethyl adjacent to an activating group) is 2. The summed E-state index contributed by atoms with van der Waals surface area (Å²) in [4.78, 5) is 69.6. The molecule has 2 amide bonds. The van der Waals surface area contributed by atoms with Crippen LogP contribution in [0.25, 0.3) is 0 Å². The van der Waals surface area contributed by atoms with Gasteiger partial charge in [0.15, 0.2) is 0 Å². The zero-order valence-corrected chi connectivity index (χ0v) is 47.7. The van der Waals surface area contributed by atoms with E-state index in [2.05, 4.69) is 88.5 Å². The van der Waals surface area contributed by atoms with Crippen molar-refractivity contribution in [2.75, 3.05) is 97.2 Å². The van der Waals surface area contributed by atoms with Crippen LogP contribution in [0.15, 0.2) is 94.9 Å². The van der Waals surface area contributed by atoms with Crippen LogP contribution in [-0.4, -0.2) is 153 Å². The van der Waals surface area contributed by atoms with Crippen LogP contribution < -0.4 is 21.3 Å². The zero-order valence-electron chi connectivity index (χ0n) is 46.1. The summed E-state index contributed by atoms with van der Waals surface area (Å²) in [6, 6.07) is 27.0. The molecule has 2 aromatic heterocycles. The molecule has 4 aliphatic heterocycles. The fraction of sp³-hybridized carbons (Fsp3) is 0.448. The zero-order chi connectivity index (χ0) is 55.1. The largest absolute Gasteiger partial charge is 0.464 e. The van der Waals surface area contributed by atoms with Crippen molar-refractivity contribution in [1.29, 1.82) is 0 Å². The van der Waals surface area contributed by atoms with E-state index in [-0.39, 0.29) is 38.5 Å². The molecule has 2 fully saturated rings. The first-order chi connectivity index (χ1) is 37.4. The molecule has 4 aliphatic rings. The number of ether oxygens (including phenoxy) is 4. The Kier molecular flexibility index (Phi) is 17.4. The van der Waals surface area contributed by atoms with Crippen molar-refractivity contribution in [1.82, 2.24) is 20.4 Å². The average Bonchev–Trinajstić information content (AvgIpc) is 3.94. The van der Waals surface area contributed by atoms with E-state index in [0.29, 0.717) is 61.1 Å². The standard InChI is InChI=1S/C58H72N10O8S2/c1-9-73-56(70)50(38(4)5)64-58(72)76-36-68(8)25-21-65(22-26-68)51-43-30-39(6)77-53(43)62-47-20-19-41(32-48(47)60-51)31-42-33-44-52(59-45-17-13-14-18-46(45)61-54(44)78-42)66-23-27-67(7,28-24-66)35-75-57(71)63-49(29-37(2)3)55(69)74-34-40-15-11-10-12-16-40/h10-20,30,32-33,37-38,49-50H,9,21-29,31,34-36H2,1-8H3,(H2-2,59,60,61,62,63,64,71,72)/p+2. The number of quaternary nitrogens is 2. The third-order valence-corrected chi connectivity index (χ3v) is 16.7. The molecule has 18 nitrogen and oxygen atoms in total. The van der Waals surface area contributed by atoms with Gasteiger partial charge in [-0.1, -0.05) is 76.2 Å². The van der Waals surface area contributed by atoms with Gasteiger partial charge in [0.1, 0.15) is 40.4 Å². The Bertz CT molecular complexity index is 3030. The fourth-order valence-corrected chi connectivity index (χ4v) is 12.0. The highest BCUT2D eigenvalue weighted by atomic mass is 32.1. The molecular formula is C58H74N10O8S2+2. The molecule has 20 heteroatoms. The number of para-hydroxylation sites is 2. The number of aryl methyl sites for hydroxylation is 1. The number of alkyl carbamates (subject to hydrolysis) is 2. The maximum absolute atomic E-state index is 13.2. The fourth-order valence-electron chi connectivity index (χ4n) is 10.0. The van der Waals surface area contributed by atoms with E-state index in [1.165, 1.54) is 9.75 Å². The Balaban J connectivity index is 0.855. The Morgan fingerprint density at radius 1 is 0.654 bits per heavy atom. The molecule has 0 bridgehead atoms. The lowest BCUT2D eigenvalue weighted by Crippen LogP contribution is -2.59. The van der Waals surface area contributed by atoms with Crippen LogP contribution >= 0.6 is 22.7 Å². The maximum atomic E-state index is 13.2. The minimum absolute atomic E-state index is 0.130. The normalized spacial score (nSPS) is 16.9. The first kappa shape index (κ1) is 55.7. The van der Waals surface area contributed by atoms with E-state index in [4.69, 9.17) is 28.9 Å². The molecule has 0 saturated carbocycles. The van der Waals surface area contributed by atoms with Gasteiger partial charge in [-0.25, -0.2) is 29.2 Å². The van der Waals surface area contributed by atoms with Crippen LogP contribution in [0.1, 0.15) is 73.0 Å². The molecule has 2 atom stereocenters. The molecule has 414 valence electrons. The quantitative estimate of drug-likeness (QED) is 0.0418. The molecule has 0 spiro atoms. The summed E-state index contributed by atoms with van der Waals surface area (Å²) in [6.07, 6.45) is -0.150. The van der Waals surface area contributed by atoms with E-state index in [1.807, 2.05) is 76.2 Å². The second-order valence-electron chi connectivity index (χ2n) is 22.0. The van der Waals surface area contributed by atoms with Crippen LogP contribution in [0.5, 0.6) is 0 Å². The predicted octanol–water partition coefficient (Wildman–Crippen LogP) is 9.62. The number of esters is 2. The third-order valence-electron chi connectivity index (χ3n) is 14.7. The van der Waals surface area contributed by atoms with Gasteiger partial charge in [0, 0.05) is 16.2 Å². The molecule has 0 radical (unpaired) electrons. The predicted molar refractivity (Wildman–Crippen MR) is 307 cm³/mol. The second kappa shape index (κ2) is 24.3. The number of piperazine rings is 2. The number of amides is 2. The van der Waals surface area contributed by atoms with Crippen molar-refractivity contribution in [2.24, 2.45) is 21.8 Å². The van der Waals surface area contributed by atoms with Crippen molar-refractivity contribution in [3.63, 3.8) is 0 Å². The van der Waals surface area contributed by atoms with E-state index >= 15 is 0 Å². The van der Waals surface area contributed by atoms with Gasteiger partial charge in [-0.15, -0.1) is 22.7 Å². The Morgan fingerprint density at radius 3 is 1.86 bits per heavy atom. The highest BCUT2D eigenvalue weighted by Gasteiger charge is 2.37. The lowest BCUT2D eigenvalue weighted by molar-refractivity contribution is -0.928. The topological polar surface area (TPSA) is 185 Å². The lowest BCUT2D eigenvalue weighted by Gasteiger charge is -2.42. The number of aliphatic imine (C=N–C) groups is 2. The number of rotatable bonds is 16. The number of carbonyl (C=O) groups excluding carboxylic acids is 4. The molecule has 3 aromatic carbocycles. The van der Waals surface area contributed by atoms with E-state index < -0.39 is 36.2 Å². The summed E-state index contributed by atoms with van der Waals surface area (Å²) >= 11 is 3.45. The van der Waals surface area contributed by atoms with Gasteiger partial charge in [-0.2, -0.15) is 0 Å². The molecule has 2 saturated heterocycles. The number of nitrogens with zero attached hydrogens (tertiary/aromatic N) is 6. The number of anilines is 4. The third kappa shape index (κ3) is 13.6. The van der Waals surface area contributed by atoms with Gasteiger partial charge in [-0.05, 0) is 79.6 Å². The number of hydrogen-bond acceptors (Lipinski definition) is 16. The Labute approximate surface area is 465 Å². The summed E-state index contributed by atoms with van der Waals surface area (Å²) in [5, 5.41) is 15.0. The van der Waals surface area contributed by atoms with Crippen LogP contribution in [0.3, 0.4) is 0 Å². The molecule has 2 unspecified atom stereocenters. The summed E-state index contributed by atoms with van der Waals surface area (Å²) in [7, 11) is 4.18. The summed E-state index contributed by atoms with van der Waals surface area (Å²) < 4.78 is 23.4. The lowest BCUT2D eigenvalue weighted by atomic mass is 10.0. The van der Waals surface area contributed by atoms with Crippen molar-refractivity contribution in [3.05, 3.63) is 117 Å². The van der Waals surface area contributed by atoms with Crippen LogP contribution in [0.2, 0.25) is 0 Å². The highest BCUT2D eigenvalue weighted by Crippen LogP contribution is 2.43.